The van der Waals surface area contributed by atoms with Crippen LogP contribution in [0.1, 0.15) is 19.3 Å². The number of nitrogens with zero attached hydrogens (tertiary/aromatic N) is 1. The minimum absolute atomic E-state index is 0.213. The second-order valence-corrected chi connectivity index (χ2v) is 8.19. The molecular formula is C18H25N3O4S. The predicted octanol–water partition coefficient (Wildman–Crippen LogP) is 1.77. The molecule has 0 amide bonds. The minimum Gasteiger partial charge on any atom is -0.480 e. The van der Waals surface area contributed by atoms with Gasteiger partial charge in [-0.25, -0.2) is 13.1 Å². The zero-order valence-corrected chi connectivity index (χ0v) is 15.8. The highest BCUT2D eigenvalue weighted by Crippen LogP contribution is 2.23. The number of anilines is 1. The first-order valence-electron chi connectivity index (χ1n) is 8.40. The summed E-state index contributed by atoms with van der Waals surface area (Å²) in [5.41, 5.74) is 6.46. The molecule has 0 heterocycles. The molecule has 1 atom stereocenters. The van der Waals surface area contributed by atoms with Crippen LogP contribution in [0, 0.1) is 0 Å². The number of carboxylic acids is 1. The highest BCUT2D eigenvalue weighted by molar-refractivity contribution is 7.89. The molecule has 142 valence electrons. The first-order valence-corrected chi connectivity index (χ1v) is 9.88. The summed E-state index contributed by atoms with van der Waals surface area (Å²) in [5.74, 6) is -1.04. The van der Waals surface area contributed by atoms with Gasteiger partial charge < -0.3 is 15.7 Å². The summed E-state index contributed by atoms with van der Waals surface area (Å²) < 4.78 is 27.4. The van der Waals surface area contributed by atoms with Gasteiger partial charge in [-0.2, -0.15) is 0 Å². The molecule has 4 N–H and O–H groups in total. The summed E-state index contributed by atoms with van der Waals surface area (Å²) >= 11 is 0. The lowest BCUT2D eigenvalue weighted by Crippen LogP contribution is -2.30. The molecule has 0 aliphatic heterocycles. The van der Waals surface area contributed by atoms with Crippen molar-refractivity contribution in [2.24, 2.45) is 5.73 Å². The van der Waals surface area contributed by atoms with Crippen LogP contribution in [0.15, 0.2) is 41.3 Å². The third-order valence-electron chi connectivity index (χ3n) is 4.17. The largest absolute Gasteiger partial charge is 0.480 e. The molecule has 2 aromatic carbocycles. The number of nitrogens with one attached hydrogen (secondary N) is 1. The van der Waals surface area contributed by atoms with Crippen molar-refractivity contribution in [1.29, 1.82) is 0 Å². The van der Waals surface area contributed by atoms with Crippen LogP contribution in [-0.2, 0) is 14.8 Å². The molecule has 0 radical (unpaired) electrons. The molecule has 0 saturated carbocycles. The Bertz CT molecular complexity index is 881. The summed E-state index contributed by atoms with van der Waals surface area (Å²) in [6, 6.07) is 9.98. The molecular weight excluding hydrogens is 354 g/mol. The quantitative estimate of drug-likeness (QED) is 0.572. The van der Waals surface area contributed by atoms with E-state index in [-0.39, 0.29) is 11.4 Å². The number of rotatable bonds is 9. The van der Waals surface area contributed by atoms with E-state index in [2.05, 4.69) is 4.72 Å². The van der Waals surface area contributed by atoms with Gasteiger partial charge in [-0.05, 0) is 47.9 Å². The lowest BCUT2D eigenvalue weighted by atomic mass is 10.1. The van der Waals surface area contributed by atoms with Crippen molar-refractivity contribution in [2.75, 3.05) is 25.5 Å². The molecule has 0 saturated heterocycles. The van der Waals surface area contributed by atoms with Gasteiger partial charge in [0.2, 0.25) is 10.0 Å². The van der Waals surface area contributed by atoms with Crippen molar-refractivity contribution < 1.29 is 18.3 Å². The topological polar surface area (TPSA) is 113 Å². The molecule has 0 fully saturated rings. The highest BCUT2D eigenvalue weighted by Gasteiger charge is 2.15. The number of aliphatic carboxylic acids is 1. The van der Waals surface area contributed by atoms with Crippen LogP contribution >= 0.6 is 0 Å². The molecule has 2 rings (SSSR count). The lowest BCUT2D eigenvalue weighted by Gasteiger charge is -2.13. The monoisotopic (exact) mass is 379 g/mol. The molecule has 7 nitrogen and oxygen atoms in total. The second kappa shape index (κ2) is 8.48. The van der Waals surface area contributed by atoms with Crippen LogP contribution in [0.3, 0.4) is 0 Å². The predicted molar refractivity (Wildman–Crippen MR) is 103 cm³/mol. The van der Waals surface area contributed by atoms with Crippen LogP contribution in [0.25, 0.3) is 10.8 Å². The molecule has 0 unspecified atom stereocenters. The summed E-state index contributed by atoms with van der Waals surface area (Å²) in [4.78, 5) is 12.8. The van der Waals surface area contributed by atoms with Crippen LogP contribution < -0.4 is 15.4 Å². The Kier molecular flexibility index (Phi) is 6.57. The zero-order chi connectivity index (χ0) is 19.3. The summed E-state index contributed by atoms with van der Waals surface area (Å²) in [5, 5.41) is 10.5. The van der Waals surface area contributed by atoms with Gasteiger partial charge in [0, 0.05) is 26.3 Å². The molecule has 0 aromatic heterocycles. The fourth-order valence-electron chi connectivity index (χ4n) is 2.56. The van der Waals surface area contributed by atoms with E-state index < -0.39 is 22.0 Å². The third-order valence-corrected chi connectivity index (χ3v) is 5.63. The second-order valence-electron chi connectivity index (χ2n) is 6.43. The van der Waals surface area contributed by atoms with Crippen LogP contribution in [0.4, 0.5) is 5.69 Å². The number of unbranched alkanes of at least 4 members (excludes halogenated alkanes) is 1. The van der Waals surface area contributed by atoms with Crippen LogP contribution in [0.5, 0.6) is 0 Å². The Morgan fingerprint density at radius 2 is 1.81 bits per heavy atom. The van der Waals surface area contributed by atoms with Crippen LogP contribution in [0.2, 0.25) is 0 Å². The maximum absolute atomic E-state index is 12.4. The van der Waals surface area contributed by atoms with E-state index >= 15 is 0 Å². The average Bonchev–Trinajstić information content (AvgIpc) is 2.60. The van der Waals surface area contributed by atoms with Gasteiger partial charge in [0.15, 0.2) is 0 Å². The molecule has 26 heavy (non-hydrogen) atoms. The standard InChI is InChI=1S/C18H25N3O4S/c1-21(2)15-8-6-14-12-16(9-7-13(14)11-15)26(24,25)20-10-4-3-5-17(19)18(22)23/h6-9,11-12,17,20H,3-5,10,19H2,1-2H3,(H,22,23)/t17-/m0/s1. The van der Waals surface area contributed by atoms with Gasteiger partial charge in [0.25, 0.3) is 0 Å². The van der Waals surface area contributed by atoms with Crippen molar-refractivity contribution in [2.45, 2.75) is 30.2 Å². The third kappa shape index (κ3) is 5.17. The fourth-order valence-corrected chi connectivity index (χ4v) is 3.67. The van der Waals surface area contributed by atoms with E-state index in [0.29, 0.717) is 19.3 Å². The number of hydrogen-bond donors (Lipinski definition) is 3. The maximum atomic E-state index is 12.4. The Morgan fingerprint density at radius 1 is 1.15 bits per heavy atom. The smallest absolute Gasteiger partial charge is 0.320 e. The fraction of sp³-hybridized carbons (Fsp3) is 0.389. The number of sulfonamides is 1. The van der Waals surface area contributed by atoms with E-state index in [1.807, 2.05) is 37.2 Å². The first-order chi connectivity index (χ1) is 12.2. The van der Waals surface area contributed by atoms with E-state index in [4.69, 9.17) is 10.8 Å². The van der Waals surface area contributed by atoms with Crippen molar-refractivity contribution >= 4 is 32.5 Å². The lowest BCUT2D eigenvalue weighted by molar-refractivity contribution is -0.138. The number of carbonyl (C=O) groups is 1. The maximum Gasteiger partial charge on any atom is 0.320 e. The summed E-state index contributed by atoms with van der Waals surface area (Å²) in [7, 11) is 0.300. The van der Waals surface area contributed by atoms with Gasteiger partial charge in [0.1, 0.15) is 6.04 Å². The normalized spacial score (nSPS) is 12.9. The SMILES string of the molecule is CN(C)c1ccc2cc(S(=O)(=O)NCCCC[C@H](N)C(=O)O)ccc2c1. The number of carboxylic acid groups (broad SMARTS) is 1. The van der Waals surface area contributed by atoms with Gasteiger partial charge >= 0.3 is 5.97 Å². The average molecular weight is 379 g/mol. The Hall–Kier alpha value is -2.16. The van der Waals surface area contributed by atoms with Crippen molar-refractivity contribution in [3.05, 3.63) is 36.4 Å². The van der Waals surface area contributed by atoms with Gasteiger partial charge in [-0.15, -0.1) is 0 Å². The molecule has 8 heteroatoms. The van der Waals surface area contributed by atoms with Crippen LogP contribution in [-0.4, -0.2) is 46.2 Å². The molecule has 0 spiro atoms. The molecule has 0 aliphatic rings. The van der Waals surface area contributed by atoms with E-state index in [9.17, 15) is 13.2 Å². The summed E-state index contributed by atoms with van der Waals surface area (Å²) in [6.45, 7) is 0.242. The first kappa shape index (κ1) is 20.2. The Labute approximate surface area is 153 Å². The minimum atomic E-state index is -3.60. The van der Waals surface area contributed by atoms with E-state index in [1.54, 1.807) is 18.2 Å². The molecule has 2 aromatic rings. The van der Waals surface area contributed by atoms with Crippen molar-refractivity contribution in [1.82, 2.24) is 4.72 Å². The zero-order valence-electron chi connectivity index (χ0n) is 15.0. The van der Waals surface area contributed by atoms with Gasteiger partial charge in [-0.1, -0.05) is 18.6 Å². The van der Waals surface area contributed by atoms with Gasteiger partial charge in [-0.3, -0.25) is 4.79 Å². The number of nitrogens with two attached hydrogens (primary N) is 1. The van der Waals surface area contributed by atoms with E-state index in [0.717, 1.165) is 16.5 Å². The number of benzene rings is 2. The van der Waals surface area contributed by atoms with E-state index in [1.165, 1.54) is 0 Å². The molecule has 0 bridgehead atoms. The Balaban J connectivity index is 2.00. The number of hydrogen-bond acceptors (Lipinski definition) is 5. The highest BCUT2D eigenvalue weighted by atomic mass is 32.2. The number of fused-ring (bicyclic) bond motifs is 1. The summed E-state index contributed by atoms with van der Waals surface area (Å²) in [6.07, 6.45) is 1.39. The van der Waals surface area contributed by atoms with Crippen molar-refractivity contribution in [3.63, 3.8) is 0 Å². The van der Waals surface area contributed by atoms with Crippen molar-refractivity contribution in [3.8, 4) is 0 Å². The molecule has 0 aliphatic carbocycles. The van der Waals surface area contributed by atoms with Gasteiger partial charge in [0.05, 0.1) is 4.90 Å². The Morgan fingerprint density at radius 3 is 2.46 bits per heavy atom.